The van der Waals surface area contributed by atoms with E-state index >= 15 is 0 Å². The Morgan fingerprint density at radius 1 is 1.28 bits per heavy atom. The standard InChI is InChI=1S/C14H24ClNOSi/c1-9-10(7-8-11(15)12(9)16)13(14(2,3)4)17-18(5)6/h7-8,13,18H,16H2,1-6H3. The highest BCUT2D eigenvalue weighted by Crippen LogP contribution is 2.40. The van der Waals surface area contributed by atoms with Crippen LogP contribution in [-0.4, -0.2) is 9.04 Å². The summed E-state index contributed by atoms with van der Waals surface area (Å²) in [5.41, 5.74) is 8.92. The van der Waals surface area contributed by atoms with E-state index in [1.807, 2.05) is 19.1 Å². The lowest BCUT2D eigenvalue weighted by atomic mass is 9.83. The molecule has 1 rings (SSSR count). The second kappa shape index (κ2) is 5.64. The number of halogens is 1. The summed E-state index contributed by atoms with van der Waals surface area (Å²) < 4.78 is 6.22. The maximum Gasteiger partial charge on any atom is 0.171 e. The zero-order chi connectivity index (χ0) is 14.1. The molecule has 0 aliphatic heterocycles. The van der Waals surface area contributed by atoms with Crippen LogP contribution in [0.25, 0.3) is 0 Å². The van der Waals surface area contributed by atoms with Crippen LogP contribution in [0.3, 0.4) is 0 Å². The summed E-state index contributed by atoms with van der Waals surface area (Å²) in [5, 5.41) is 0.616. The minimum Gasteiger partial charge on any atom is -0.413 e. The zero-order valence-electron chi connectivity index (χ0n) is 12.2. The largest absolute Gasteiger partial charge is 0.413 e. The van der Waals surface area contributed by atoms with E-state index in [1.54, 1.807) is 0 Å². The van der Waals surface area contributed by atoms with Gasteiger partial charge in [0.15, 0.2) is 9.04 Å². The van der Waals surface area contributed by atoms with Crippen LogP contribution < -0.4 is 5.73 Å². The molecule has 1 aromatic rings. The SMILES string of the molecule is Cc1c(C(O[SiH](C)C)C(C)(C)C)ccc(Cl)c1N. The molecular weight excluding hydrogens is 262 g/mol. The van der Waals surface area contributed by atoms with Gasteiger partial charge in [0, 0.05) is 0 Å². The lowest BCUT2D eigenvalue weighted by molar-refractivity contribution is 0.0861. The molecule has 102 valence electrons. The molecule has 1 unspecified atom stereocenters. The molecule has 1 aromatic carbocycles. The summed E-state index contributed by atoms with van der Waals surface area (Å²) in [6, 6.07) is 3.91. The second-order valence-corrected chi connectivity index (χ2v) is 8.88. The first-order valence-electron chi connectivity index (χ1n) is 6.34. The van der Waals surface area contributed by atoms with Gasteiger partial charge in [-0.1, -0.05) is 38.4 Å². The quantitative estimate of drug-likeness (QED) is 0.663. The molecule has 0 fully saturated rings. The second-order valence-electron chi connectivity index (χ2n) is 6.11. The zero-order valence-corrected chi connectivity index (χ0v) is 14.1. The Labute approximate surface area is 117 Å². The van der Waals surface area contributed by atoms with Crippen molar-refractivity contribution in [3.63, 3.8) is 0 Å². The highest BCUT2D eigenvalue weighted by molar-refractivity contribution is 6.48. The van der Waals surface area contributed by atoms with Crippen molar-refractivity contribution in [2.24, 2.45) is 5.41 Å². The van der Waals surface area contributed by atoms with E-state index in [1.165, 1.54) is 0 Å². The van der Waals surface area contributed by atoms with Gasteiger partial charge in [-0.3, -0.25) is 0 Å². The smallest absolute Gasteiger partial charge is 0.171 e. The number of hydrogen-bond acceptors (Lipinski definition) is 2. The lowest BCUT2D eigenvalue weighted by Crippen LogP contribution is -2.26. The summed E-state index contributed by atoms with van der Waals surface area (Å²) in [7, 11) is -1.12. The van der Waals surface area contributed by atoms with E-state index in [9.17, 15) is 0 Å². The summed E-state index contributed by atoms with van der Waals surface area (Å²) in [5.74, 6) is 0. The molecule has 0 bridgehead atoms. The lowest BCUT2D eigenvalue weighted by Gasteiger charge is -2.34. The van der Waals surface area contributed by atoms with Crippen LogP contribution in [0.5, 0.6) is 0 Å². The van der Waals surface area contributed by atoms with E-state index < -0.39 is 9.04 Å². The van der Waals surface area contributed by atoms with Gasteiger partial charge in [0.05, 0.1) is 16.8 Å². The van der Waals surface area contributed by atoms with Crippen molar-refractivity contribution in [2.45, 2.75) is 46.9 Å². The predicted molar refractivity (Wildman–Crippen MR) is 82.8 cm³/mol. The van der Waals surface area contributed by atoms with Gasteiger partial charge < -0.3 is 10.2 Å². The number of benzene rings is 1. The van der Waals surface area contributed by atoms with Crippen LogP contribution >= 0.6 is 11.6 Å². The van der Waals surface area contributed by atoms with Crippen LogP contribution in [0.2, 0.25) is 18.1 Å². The number of anilines is 1. The van der Waals surface area contributed by atoms with Crippen LogP contribution in [0.15, 0.2) is 12.1 Å². The minimum absolute atomic E-state index is 0.0439. The number of hydrogen-bond donors (Lipinski definition) is 1. The third-order valence-electron chi connectivity index (χ3n) is 2.98. The normalized spacial score (nSPS) is 14.0. The topological polar surface area (TPSA) is 35.2 Å². The van der Waals surface area contributed by atoms with Crippen molar-refractivity contribution in [3.8, 4) is 0 Å². The summed E-state index contributed by atoms with van der Waals surface area (Å²) in [6.07, 6.45) is 0.0729. The van der Waals surface area contributed by atoms with E-state index in [2.05, 4.69) is 33.9 Å². The van der Waals surface area contributed by atoms with Crippen molar-refractivity contribution in [1.82, 2.24) is 0 Å². The third-order valence-corrected chi connectivity index (χ3v) is 4.13. The van der Waals surface area contributed by atoms with E-state index in [-0.39, 0.29) is 11.5 Å². The Bertz CT molecular complexity index is 427. The fourth-order valence-electron chi connectivity index (χ4n) is 2.01. The molecule has 0 saturated carbocycles. The summed E-state index contributed by atoms with van der Waals surface area (Å²) in [4.78, 5) is 0. The predicted octanol–water partition coefficient (Wildman–Crippen LogP) is 4.32. The van der Waals surface area contributed by atoms with Crippen LogP contribution in [-0.2, 0) is 4.43 Å². The Morgan fingerprint density at radius 2 is 1.83 bits per heavy atom. The van der Waals surface area contributed by atoms with Gasteiger partial charge in [0.25, 0.3) is 0 Å². The molecule has 4 heteroatoms. The van der Waals surface area contributed by atoms with Crippen molar-refractivity contribution >= 4 is 26.3 Å². The molecule has 2 N–H and O–H groups in total. The van der Waals surface area contributed by atoms with Gasteiger partial charge in [0.2, 0.25) is 0 Å². The monoisotopic (exact) mass is 285 g/mol. The van der Waals surface area contributed by atoms with Crippen molar-refractivity contribution < 1.29 is 4.43 Å². The Hall–Kier alpha value is -0.513. The maximum atomic E-state index is 6.22. The molecule has 0 amide bonds. The van der Waals surface area contributed by atoms with Gasteiger partial charge in [-0.05, 0) is 42.6 Å². The maximum absolute atomic E-state index is 6.22. The van der Waals surface area contributed by atoms with Gasteiger partial charge in [0.1, 0.15) is 0 Å². The molecule has 0 saturated heterocycles. The van der Waals surface area contributed by atoms with E-state index in [4.69, 9.17) is 21.8 Å². The van der Waals surface area contributed by atoms with Crippen LogP contribution in [0.1, 0.15) is 38.0 Å². The van der Waals surface area contributed by atoms with Crippen molar-refractivity contribution in [2.75, 3.05) is 5.73 Å². The minimum atomic E-state index is -1.12. The first-order chi connectivity index (χ1) is 8.14. The van der Waals surface area contributed by atoms with Crippen molar-refractivity contribution in [3.05, 3.63) is 28.3 Å². The van der Waals surface area contributed by atoms with Gasteiger partial charge in [-0.15, -0.1) is 0 Å². The van der Waals surface area contributed by atoms with E-state index in [0.29, 0.717) is 10.7 Å². The molecule has 0 aliphatic carbocycles. The highest BCUT2D eigenvalue weighted by atomic mass is 35.5. The molecule has 0 aliphatic rings. The van der Waals surface area contributed by atoms with E-state index in [0.717, 1.165) is 11.1 Å². The first-order valence-corrected chi connectivity index (χ1v) is 9.50. The first kappa shape index (κ1) is 15.5. The van der Waals surface area contributed by atoms with Crippen LogP contribution in [0, 0.1) is 12.3 Å². The number of nitrogen functional groups attached to an aromatic ring is 1. The van der Waals surface area contributed by atoms with Crippen molar-refractivity contribution in [1.29, 1.82) is 0 Å². The number of rotatable bonds is 3. The molecular formula is C14H24ClNOSi. The Morgan fingerprint density at radius 3 is 2.28 bits per heavy atom. The fraction of sp³-hybridized carbons (Fsp3) is 0.571. The summed E-state index contributed by atoms with van der Waals surface area (Å²) >= 11 is 6.05. The average molecular weight is 286 g/mol. The third kappa shape index (κ3) is 3.50. The number of nitrogens with two attached hydrogens (primary N) is 1. The molecule has 0 aromatic heterocycles. The molecule has 0 heterocycles. The van der Waals surface area contributed by atoms with Crippen LogP contribution in [0.4, 0.5) is 5.69 Å². The van der Waals surface area contributed by atoms with Gasteiger partial charge in [-0.25, -0.2) is 0 Å². The van der Waals surface area contributed by atoms with Gasteiger partial charge in [-0.2, -0.15) is 0 Å². The van der Waals surface area contributed by atoms with Gasteiger partial charge >= 0.3 is 0 Å². The Balaban J connectivity index is 3.26. The summed E-state index contributed by atoms with van der Waals surface area (Å²) in [6.45, 7) is 13.0. The average Bonchev–Trinajstić information content (AvgIpc) is 2.22. The molecule has 18 heavy (non-hydrogen) atoms. The molecule has 0 spiro atoms. The Kier molecular flexibility index (Phi) is 4.87. The highest BCUT2D eigenvalue weighted by Gasteiger charge is 2.29. The molecule has 0 radical (unpaired) electrons. The molecule has 1 atom stereocenters. The molecule has 2 nitrogen and oxygen atoms in total. The fourth-order valence-corrected chi connectivity index (χ4v) is 3.32.